The maximum absolute atomic E-state index is 13.2. The quantitative estimate of drug-likeness (QED) is 0.750. The van der Waals surface area contributed by atoms with Gasteiger partial charge in [0, 0.05) is 5.69 Å². The van der Waals surface area contributed by atoms with Gasteiger partial charge in [0.25, 0.3) is 5.91 Å². The Hall–Kier alpha value is -3.15. The number of carbonyl (C=O) groups is 3. The van der Waals surface area contributed by atoms with Crippen molar-refractivity contribution in [1.82, 2.24) is 10.2 Å². The van der Waals surface area contributed by atoms with Gasteiger partial charge in [-0.3, -0.25) is 9.59 Å². The predicted molar refractivity (Wildman–Crippen MR) is 117 cm³/mol. The van der Waals surface area contributed by atoms with Gasteiger partial charge < -0.3 is 10.6 Å². The van der Waals surface area contributed by atoms with Gasteiger partial charge in [-0.1, -0.05) is 62.7 Å². The van der Waals surface area contributed by atoms with Gasteiger partial charge in [-0.15, -0.1) is 0 Å². The number of imide groups is 1. The van der Waals surface area contributed by atoms with E-state index in [1.807, 2.05) is 43.3 Å². The van der Waals surface area contributed by atoms with Crippen LogP contribution in [0.25, 0.3) is 0 Å². The molecule has 0 aromatic heterocycles. The number of carbonyl (C=O) groups excluding carboxylic acids is 3. The molecule has 2 unspecified atom stereocenters. The summed E-state index contributed by atoms with van der Waals surface area (Å²) in [7, 11) is 0. The maximum Gasteiger partial charge on any atom is 0.326 e. The number of anilines is 1. The molecule has 1 aliphatic rings. The van der Waals surface area contributed by atoms with Gasteiger partial charge in [-0.25, -0.2) is 9.69 Å². The first kappa shape index (κ1) is 21.6. The van der Waals surface area contributed by atoms with E-state index in [1.165, 1.54) is 0 Å². The number of amides is 4. The summed E-state index contributed by atoms with van der Waals surface area (Å²) in [5.74, 6) is -0.864. The smallest absolute Gasteiger partial charge is 0.324 e. The van der Waals surface area contributed by atoms with E-state index in [0.29, 0.717) is 11.3 Å². The minimum Gasteiger partial charge on any atom is -0.324 e. The van der Waals surface area contributed by atoms with Crippen molar-refractivity contribution in [2.24, 2.45) is 0 Å². The van der Waals surface area contributed by atoms with Gasteiger partial charge in [0.05, 0.1) is 0 Å². The minimum atomic E-state index is -1.22. The van der Waals surface area contributed by atoms with Crippen molar-refractivity contribution < 1.29 is 14.4 Å². The van der Waals surface area contributed by atoms with Crippen LogP contribution in [0.2, 0.25) is 0 Å². The van der Waals surface area contributed by atoms with Gasteiger partial charge >= 0.3 is 6.03 Å². The molecule has 1 aliphatic heterocycles. The third kappa shape index (κ3) is 3.95. The van der Waals surface area contributed by atoms with E-state index in [4.69, 9.17) is 0 Å². The predicted octanol–water partition coefficient (Wildman–Crippen LogP) is 4.09. The van der Waals surface area contributed by atoms with Crippen molar-refractivity contribution in [3.8, 4) is 0 Å². The van der Waals surface area contributed by atoms with Crippen molar-refractivity contribution in [2.75, 3.05) is 5.32 Å². The van der Waals surface area contributed by atoms with Crippen molar-refractivity contribution in [2.45, 2.75) is 58.5 Å². The van der Waals surface area contributed by atoms with E-state index in [9.17, 15) is 14.4 Å². The van der Waals surface area contributed by atoms with E-state index < -0.39 is 29.4 Å². The number of aryl methyl sites for hydroxylation is 1. The standard InChI is InChI=1S/C24H29N3O3/c1-15-7-13-19(14-8-15)25-20(28)16(2)27-21(29)24(6,26-22(27)30)18-11-9-17(10-12-18)23(3,4)5/h7-14,16H,1-6H3,(H,25,28)(H,26,30). The lowest BCUT2D eigenvalue weighted by molar-refractivity contribution is -0.136. The lowest BCUT2D eigenvalue weighted by Crippen LogP contribution is -2.47. The zero-order valence-corrected chi connectivity index (χ0v) is 18.4. The number of hydrogen-bond donors (Lipinski definition) is 2. The summed E-state index contributed by atoms with van der Waals surface area (Å²) < 4.78 is 0. The van der Waals surface area contributed by atoms with E-state index >= 15 is 0 Å². The molecule has 2 N–H and O–H groups in total. The van der Waals surface area contributed by atoms with Gasteiger partial charge in [0.15, 0.2) is 0 Å². The average Bonchev–Trinajstić information content (AvgIpc) is 2.92. The molecule has 1 fully saturated rings. The first-order valence-electron chi connectivity index (χ1n) is 10.1. The zero-order valence-electron chi connectivity index (χ0n) is 18.4. The highest BCUT2D eigenvalue weighted by Gasteiger charge is 2.51. The second-order valence-electron chi connectivity index (χ2n) is 9.09. The van der Waals surface area contributed by atoms with Crippen LogP contribution in [-0.2, 0) is 20.5 Å². The van der Waals surface area contributed by atoms with Gasteiger partial charge in [-0.05, 0) is 49.4 Å². The van der Waals surface area contributed by atoms with Crippen LogP contribution in [0, 0.1) is 6.92 Å². The third-order valence-electron chi connectivity index (χ3n) is 5.64. The summed E-state index contributed by atoms with van der Waals surface area (Å²) >= 11 is 0. The lowest BCUT2D eigenvalue weighted by atomic mass is 9.84. The van der Waals surface area contributed by atoms with Gasteiger partial charge in [0.1, 0.15) is 11.6 Å². The summed E-state index contributed by atoms with van der Waals surface area (Å²) in [6.45, 7) is 11.5. The second-order valence-corrected chi connectivity index (χ2v) is 9.09. The molecule has 2 aromatic carbocycles. The monoisotopic (exact) mass is 407 g/mol. The Balaban J connectivity index is 1.80. The van der Waals surface area contributed by atoms with Crippen molar-refractivity contribution in [1.29, 1.82) is 0 Å². The summed E-state index contributed by atoms with van der Waals surface area (Å²) in [4.78, 5) is 39.6. The van der Waals surface area contributed by atoms with Crippen molar-refractivity contribution in [3.05, 3.63) is 65.2 Å². The molecule has 6 heteroatoms. The Bertz CT molecular complexity index is 974. The SMILES string of the molecule is Cc1ccc(NC(=O)C(C)N2C(=O)NC(C)(c3ccc(C(C)(C)C)cc3)C2=O)cc1. The molecule has 1 heterocycles. The molecule has 0 spiro atoms. The van der Waals surface area contributed by atoms with Crippen molar-refractivity contribution in [3.63, 3.8) is 0 Å². The van der Waals surface area contributed by atoms with E-state index in [1.54, 1.807) is 26.0 Å². The average molecular weight is 408 g/mol. The van der Waals surface area contributed by atoms with E-state index in [2.05, 4.69) is 31.4 Å². The number of nitrogens with one attached hydrogen (secondary N) is 2. The Morgan fingerprint density at radius 3 is 2.13 bits per heavy atom. The van der Waals surface area contributed by atoms with E-state index in [0.717, 1.165) is 16.0 Å². The fourth-order valence-electron chi connectivity index (χ4n) is 3.51. The molecular formula is C24H29N3O3. The summed E-state index contributed by atoms with van der Waals surface area (Å²) in [5.41, 5.74) is 2.27. The first-order chi connectivity index (χ1) is 13.9. The molecule has 158 valence electrons. The number of urea groups is 1. The van der Waals surface area contributed by atoms with Crippen molar-refractivity contribution >= 4 is 23.5 Å². The van der Waals surface area contributed by atoms with Crippen LogP contribution in [0.1, 0.15) is 51.3 Å². The minimum absolute atomic E-state index is 0.0169. The zero-order chi connectivity index (χ0) is 22.3. The van der Waals surface area contributed by atoms with Crippen LogP contribution < -0.4 is 10.6 Å². The van der Waals surface area contributed by atoms with E-state index in [-0.39, 0.29) is 5.41 Å². The van der Waals surface area contributed by atoms with Crippen LogP contribution in [0.4, 0.5) is 10.5 Å². The Kier molecular flexibility index (Phi) is 5.46. The Morgan fingerprint density at radius 1 is 1.03 bits per heavy atom. The molecule has 3 rings (SSSR count). The normalized spacial score (nSPS) is 20.1. The second kappa shape index (κ2) is 7.59. The van der Waals surface area contributed by atoms with Crippen LogP contribution in [0.5, 0.6) is 0 Å². The Labute approximate surface area is 177 Å². The molecule has 2 aromatic rings. The number of nitrogens with zero attached hydrogens (tertiary/aromatic N) is 1. The van der Waals surface area contributed by atoms with Crippen LogP contribution in [0.3, 0.4) is 0 Å². The molecule has 0 saturated carbocycles. The molecular weight excluding hydrogens is 378 g/mol. The highest BCUT2D eigenvalue weighted by Crippen LogP contribution is 2.32. The topological polar surface area (TPSA) is 78.5 Å². The number of rotatable bonds is 4. The molecule has 30 heavy (non-hydrogen) atoms. The molecule has 0 aliphatic carbocycles. The fourth-order valence-corrected chi connectivity index (χ4v) is 3.51. The van der Waals surface area contributed by atoms with Crippen LogP contribution >= 0.6 is 0 Å². The molecule has 6 nitrogen and oxygen atoms in total. The lowest BCUT2D eigenvalue weighted by Gasteiger charge is -2.26. The molecule has 0 radical (unpaired) electrons. The largest absolute Gasteiger partial charge is 0.326 e. The fraction of sp³-hybridized carbons (Fsp3) is 0.375. The highest BCUT2D eigenvalue weighted by molar-refractivity contribution is 6.11. The maximum atomic E-state index is 13.2. The summed E-state index contributed by atoms with van der Waals surface area (Å²) in [6.07, 6.45) is 0. The first-order valence-corrected chi connectivity index (χ1v) is 10.1. The van der Waals surface area contributed by atoms with Gasteiger partial charge in [0.2, 0.25) is 5.91 Å². The highest BCUT2D eigenvalue weighted by atomic mass is 16.2. The molecule has 1 saturated heterocycles. The van der Waals surface area contributed by atoms with Crippen LogP contribution in [-0.4, -0.2) is 28.8 Å². The van der Waals surface area contributed by atoms with Gasteiger partial charge in [-0.2, -0.15) is 0 Å². The Morgan fingerprint density at radius 2 is 1.60 bits per heavy atom. The third-order valence-corrected chi connectivity index (χ3v) is 5.64. The number of hydrogen-bond acceptors (Lipinski definition) is 3. The molecule has 2 atom stereocenters. The molecule has 4 amide bonds. The summed E-state index contributed by atoms with van der Waals surface area (Å²) in [6, 6.07) is 13.5. The number of benzene rings is 2. The summed E-state index contributed by atoms with van der Waals surface area (Å²) in [5, 5.41) is 5.53. The van der Waals surface area contributed by atoms with Crippen LogP contribution in [0.15, 0.2) is 48.5 Å². The molecule has 0 bridgehead atoms.